The molecule has 192 valence electrons. The molecule has 0 spiro atoms. The fourth-order valence-electron chi connectivity index (χ4n) is 4.05. The summed E-state index contributed by atoms with van der Waals surface area (Å²) in [5, 5.41) is 29.5. The van der Waals surface area contributed by atoms with Crippen LogP contribution in [0.2, 0.25) is 5.02 Å². The van der Waals surface area contributed by atoms with Crippen molar-refractivity contribution >= 4 is 28.4 Å². The normalized spacial score (nSPS) is 14.9. The van der Waals surface area contributed by atoms with Crippen molar-refractivity contribution in [1.29, 1.82) is 0 Å². The molecule has 1 fully saturated rings. The maximum Gasteiger partial charge on any atom is 0.255 e. The van der Waals surface area contributed by atoms with Gasteiger partial charge in [-0.1, -0.05) is 23.7 Å². The van der Waals surface area contributed by atoms with Crippen molar-refractivity contribution < 1.29 is 19.7 Å². The summed E-state index contributed by atoms with van der Waals surface area (Å²) >= 11 is 6.38. The van der Waals surface area contributed by atoms with Gasteiger partial charge in [-0.25, -0.2) is 4.98 Å². The summed E-state index contributed by atoms with van der Waals surface area (Å²) in [5.74, 6) is 0.487. The summed E-state index contributed by atoms with van der Waals surface area (Å²) in [6, 6.07) is 9.91. The highest BCUT2D eigenvalue weighted by molar-refractivity contribution is 6.31. The number of benzene rings is 1. The highest BCUT2D eigenvalue weighted by Crippen LogP contribution is 2.31. The number of hydrogen-bond donors (Lipinski definition) is 3. The molecular weight excluding hydrogens is 494 g/mol. The Morgan fingerprint density at radius 1 is 1.27 bits per heavy atom. The predicted octanol–water partition coefficient (Wildman–Crippen LogP) is 3.75. The van der Waals surface area contributed by atoms with E-state index in [9.17, 15) is 15.0 Å². The lowest BCUT2D eigenvalue weighted by atomic mass is 9.98. The van der Waals surface area contributed by atoms with Crippen molar-refractivity contribution in [3.8, 4) is 11.6 Å². The molecule has 1 atom stereocenters. The minimum Gasteiger partial charge on any atom is -0.507 e. The summed E-state index contributed by atoms with van der Waals surface area (Å²) in [7, 11) is 0. The first kappa shape index (κ1) is 25.0. The number of carbonyl (C=O) groups excluding carboxylic acids is 1. The molecule has 1 saturated carbocycles. The molecule has 1 aromatic carbocycles. The summed E-state index contributed by atoms with van der Waals surface area (Å²) in [6.45, 7) is 2.71. The number of ether oxygens (including phenoxy) is 1. The predicted molar refractivity (Wildman–Crippen MR) is 139 cm³/mol. The zero-order chi connectivity index (χ0) is 26.0. The van der Waals surface area contributed by atoms with E-state index in [1.807, 2.05) is 18.3 Å². The fraction of sp³-hybridized carbons (Fsp3) is 0.333. The van der Waals surface area contributed by atoms with Gasteiger partial charge in [0.2, 0.25) is 5.88 Å². The lowest BCUT2D eigenvalue weighted by Gasteiger charge is -2.23. The zero-order valence-electron chi connectivity index (χ0n) is 20.4. The van der Waals surface area contributed by atoms with Crippen LogP contribution in [0.5, 0.6) is 11.6 Å². The van der Waals surface area contributed by atoms with Crippen LogP contribution in [0.1, 0.15) is 41.4 Å². The van der Waals surface area contributed by atoms with Crippen molar-refractivity contribution in [2.24, 2.45) is 5.92 Å². The molecule has 3 aromatic heterocycles. The van der Waals surface area contributed by atoms with Crippen LogP contribution < -0.4 is 10.1 Å². The van der Waals surface area contributed by atoms with Crippen LogP contribution in [-0.4, -0.2) is 54.6 Å². The second-order valence-electron chi connectivity index (χ2n) is 9.78. The maximum absolute atomic E-state index is 12.4. The standard InChI is InChI=1S/C27H28ClN5O4/c1-27(36,16-31-25(35)19-4-2-3-5-24(19)34)11-23-20-14-33(32-22(20)8-9-29-23)13-18-10-21(28)26(30-12-18)37-15-17-6-7-17/h2-5,8-10,12,14,17,34,36H,6-7,11,13,15-16H2,1H3,(H,31,35). The van der Waals surface area contributed by atoms with Crippen molar-refractivity contribution in [1.82, 2.24) is 25.1 Å². The number of nitrogens with zero attached hydrogens (tertiary/aromatic N) is 4. The molecule has 3 N–H and O–H groups in total. The van der Waals surface area contributed by atoms with Gasteiger partial charge in [0.15, 0.2) is 0 Å². The first-order valence-corrected chi connectivity index (χ1v) is 12.5. The van der Waals surface area contributed by atoms with E-state index in [-0.39, 0.29) is 24.3 Å². The molecule has 1 aliphatic rings. The monoisotopic (exact) mass is 521 g/mol. The number of hydrogen-bond acceptors (Lipinski definition) is 7. The van der Waals surface area contributed by atoms with Crippen LogP contribution in [0.15, 0.2) is 55.0 Å². The van der Waals surface area contributed by atoms with E-state index in [4.69, 9.17) is 16.3 Å². The minimum atomic E-state index is -1.28. The van der Waals surface area contributed by atoms with E-state index in [1.165, 1.54) is 25.0 Å². The number of phenols is 1. The number of carbonyl (C=O) groups is 1. The largest absolute Gasteiger partial charge is 0.507 e. The highest BCUT2D eigenvalue weighted by Gasteiger charge is 2.25. The van der Waals surface area contributed by atoms with Gasteiger partial charge < -0.3 is 20.3 Å². The van der Waals surface area contributed by atoms with Crippen LogP contribution in [0, 0.1) is 5.92 Å². The van der Waals surface area contributed by atoms with Crippen LogP contribution in [0.25, 0.3) is 10.9 Å². The van der Waals surface area contributed by atoms with Gasteiger partial charge in [0, 0.05) is 36.9 Å². The molecule has 3 heterocycles. The van der Waals surface area contributed by atoms with E-state index in [2.05, 4.69) is 20.4 Å². The Bertz CT molecular complexity index is 1430. The van der Waals surface area contributed by atoms with Gasteiger partial charge in [-0.3, -0.25) is 14.5 Å². The quantitative estimate of drug-likeness (QED) is 0.290. The third-order valence-corrected chi connectivity index (χ3v) is 6.52. The second kappa shape index (κ2) is 10.4. The van der Waals surface area contributed by atoms with Gasteiger partial charge >= 0.3 is 0 Å². The molecular formula is C27H28ClN5O4. The summed E-state index contributed by atoms with van der Waals surface area (Å²) in [5.41, 5.74) is 1.15. The Morgan fingerprint density at radius 3 is 2.84 bits per heavy atom. The number of amides is 1. The van der Waals surface area contributed by atoms with E-state index >= 15 is 0 Å². The minimum absolute atomic E-state index is 0.0221. The molecule has 5 rings (SSSR count). The molecule has 0 saturated heterocycles. The van der Waals surface area contributed by atoms with Gasteiger partial charge in [-0.15, -0.1) is 0 Å². The van der Waals surface area contributed by atoms with Crippen LogP contribution in [0.4, 0.5) is 0 Å². The molecule has 1 amide bonds. The van der Waals surface area contributed by atoms with E-state index in [1.54, 1.807) is 36.1 Å². The van der Waals surface area contributed by atoms with Crippen molar-refractivity contribution in [2.75, 3.05) is 13.2 Å². The topological polar surface area (TPSA) is 122 Å². The van der Waals surface area contributed by atoms with Gasteiger partial charge in [0.1, 0.15) is 10.8 Å². The van der Waals surface area contributed by atoms with Gasteiger partial charge in [-0.2, -0.15) is 5.10 Å². The van der Waals surface area contributed by atoms with Crippen LogP contribution in [-0.2, 0) is 13.0 Å². The van der Waals surface area contributed by atoms with Crippen molar-refractivity contribution in [2.45, 2.75) is 38.3 Å². The number of nitrogens with one attached hydrogen (secondary N) is 1. The van der Waals surface area contributed by atoms with E-state index in [0.717, 1.165) is 16.5 Å². The molecule has 0 radical (unpaired) electrons. The first-order chi connectivity index (χ1) is 17.8. The fourth-order valence-corrected chi connectivity index (χ4v) is 4.30. The Morgan fingerprint density at radius 2 is 2.08 bits per heavy atom. The summed E-state index contributed by atoms with van der Waals surface area (Å²) in [6.07, 6.45) is 7.84. The third-order valence-electron chi connectivity index (χ3n) is 6.25. The average Bonchev–Trinajstić information content (AvgIpc) is 3.60. The zero-order valence-corrected chi connectivity index (χ0v) is 21.1. The molecule has 1 unspecified atom stereocenters. The number of aromatic nitrogens is 4. The molecule has 37 heavy (non-hydrogen) atoms. The molecule has 10 heteroatoms. The number of pyridine rings is 2. The third kappa shape index (κ3) is 6.18. The van der Waals surface area contributed by atoms with Crippen LogP contribution in [0.3, 0.4) is 0 Å². The Hall–Kier alpha value is -3.69. The average molecular weight is 522 g/mol. The lowest BCUT2D eigenvalue weighted by Crippen LogP contribution is -2.42. The van der Waals surface area contributed by atoms with Crippen LogP contribution >= 0.6 is 11.6 Å². The highest BCUT2D eigenvalue weighted by atomic mass is 35.5. The van der Waals surface area contributed by atoms with Crippen molar-refractivity contribution in [3.05, 3.63) is 76.8 Å². The molecule has 0 aliphatic heterocycles. The summed E-state index contributed by atoms with van der Waals surface area (Å²) in [4.78, 5) is 21.3. The number of aromatic hydroxyl groups is 1. The van der Waals surface area contributed by atoms with Gasteiger partial charge in [-0.05, 0) is 55.5 Å². The maximum atomic E-state index is 12.4. The number of phenolic OH excluding ortho intramolecular Hbond substituents is 1. The summed E-state index contributed by atoms with van der Waals surface area (Å²) < 4.78 is 7.49. The number of para-hydroxylation sites is 1. The number of halogens is 1. The molecule has 0 bridgehead atoms. The number of rotatable bonds is 10. The second-order valence-corrected chi connectivity index (χ2v) is 10.2. The first-order valence-electron chi connectivity index (χ1n) is 12.1. The van der Waals surface area contributed by atoms with Gasteiger partial charge in [0.05, 0.1) is 35.5 Å². The number of fused-ring (bicyclic) bond motifs is 1. The van der Waals surface area contributed by atoms with Gasteiger partial charge in [0.25, 0.3) is 5.91 Å². The molecule has 9 nitrogen and oxygen atoms in total. The van der Waals surface area contributed by atoms with E-state index < -0.39 is 11.5 Å². The Balaban J connectivity index is 1.26. The molecule has 4 aromatic rings. The lowest BCUT2D eigenvalue weighted by molar-refractivity contribution is 0.0547. The number of aliphatic hydroxyl groups is 1. The van der Waals surface area contributed by atoms with Crippen molar-refractivity contribution in [3.63, 3.8) is 0 Å². The van der Waals surface area contributed by atoms with E-state index in [0.29, 0.717) is 35.7 Å². The Labute approximate surface area is 219 Å². The smallest absolute Gasteiger partial charge is 0.255 e. The molecule has 1 aliphatic carbocycles. The SMILES string of the molecule is CC(O)(CNC(=O)c1ccccc1O)Cc1nccc2nn(Cc3cnc(OCC4CC4)c(Cl)c3)cc12. The Kier molecular flexibility index (Phi) is 6.99.